The van der Waals surface area contributed by atoms with Crippen molar-refractivity contribution >= 4 is 78.8 Å². The molecule has 10 heteroatoms. The highest BCUT2D eigenvalue weighted by molar-refractivity contribution is 14.1. The van der Waals surface area contributed by atoms with Crippen LogP contribution in [0.3, 0.4) is 0 Å². The van der Waals surface area contributed by atoms with Crippen molar-refractivity contribution in [3.05, 3.63) is 93.9 Å². The first kappa shape index (κ1) is 29.4. The van der Waals surface area contributed by atoms with Gasteiger partial charge in [-0.2, -0.15) is 9.78 Å². The number of hydrogen-bond donors (Lipinski definition) is 0. The third-order valence-electron chi connectivity index (χ3n) is 6.84. The number of aromatic nitrogens is 2. The largest absolute Gasteiger partial charge is 0.490 e. The second kappa shape index (κ2) is 13.2. The van der Waals surface area contributed by atoms with Crippen LogP contribution in [0.4, 0.5) is 0 Å². The van der Waals surface area contributed by atoms with Crippen molar-refractivity contribution < 1.29 is 9.47 Å². The Morgan fingerprint density at radius 3 is 2.65 bits per heavy atom. The quantitative estimate of drug-likeness (QED) is 0.133. The van der Waals surface area contributed by atoms with Gasteiger partial charge in [0.05, 0.1) is 27.3 Å². The molecule has 1 saturated carbocycles. The van der Waals surface area contributed by atoms with Crippen molar-refractivity contribution in [1.29, 1.82) is 0 Å². The zero-order valence-corrected chi connectivity index (χ0v) is 27.1. The maximum Gasteiger partial charge on any atom is 0.282 e. The van der Waals surface area contributed by atoms with Gasteiger partial charge in [0.25, 0.3) is 5.56 Å². The molecule has 1 aromatic heterocycles. The van der Waals surface area contributed by atoms with Crippen LogP contribution in [0.5, 0.6) is 11.5 Å². The molecule has 0 radical (unpaired) electrons. The Balaban J connectivity index is 1.50. The van der Waals surface area contributed by atoms with Crippen LogP contribution in [-0.4, -0.2) is 22.5 Å². The second-order valence-corrected chi connectivity index (χ2v) is 12.5. The molecule has 0 bridgehead atoms. The van der Waals surface area contributed by atoms with Crippen LogP contribution in [0.15, 0.2) is 62.9 Å². The smallest absolute Gasteiger partial charge is 0.282 e. The second-order valence-electron chi connectivity index (χ2n) is 9.62. The molecule has 0 spiro atoms. The maximum atomic E-state index is 13.6. The molecule has 6 nitrogen and oxygen atoms in total. The summed E-state index contributed by atoms with van der Waals surface area (Å²) in [6, 6.07) is 14.7. The molecule has 1 fully saturated rings. The third kappa shape index (κ3) is 6.66. The average Bonchev–Trinajstić information content (AvgIpc) is 2.94. The lowest BCUT2D eigenvalue weighted by molar-refractivity contribution is 0.267. The zero-order valence-electron chi connectivity index (χ0n) is 21.8. The topological polar surface area (TPSA) is 65.7 Å². The van der Waals surface area contributed by atoms with E-state index in [9.17, 15) is 4.79 Å². The lowest BCUT2D eigenvalue weighted by Crippen LogP contribution is -2.25. The van der Waals surface area contributed by atoms with Crippen LogP contribution in [-0.2, 0) is 6.61 Å². The zero-order chi connectivity index (χ0) is 28.2. The molecular weight excluding hydrogens is 728 g/mol. The Morgan fingerprint density at radius 1 is 1.10 bits per heavy atom. The molecule has 40 heavy (non-hydrogen) atoms. The Morgan fingerprint density at radius 2 is 1.90 bits per heavy atom. The van der Waals surface area contributed by atoms with Gasteiger partial charge in [-0.1, -0.05) is 64.5 Å². The minimum absolute atomic E-state index is 0.178. The fourth-order valence-electron chi connectivity index (χ4n) is 4.88. The summed E-state index contributed by atoms with van der Waals surface area (Å²) in [6.45, 7) is 2.64. The standard InChI is InChI=1S/C30H27BrCl2IN3O3/c1-2-39-27-13-18(12-25(34)28(27)40-17-20-8-10-22(32)15-24(20)33)16-35-37-29(19-6-4-3-5-7-19)36-26-11-9-21(31)14-23(26)30(37)38/h8-16,19H,2-7,17H2,1H3. The molecule has 0 N–H and O–H groups in total. The number of hydrogen-bond acceptors (Lipinski definition) is 5. The highest BCUT2D eigenvalue weighted by Gasteiger charge is 2.23. The summed E-state index contributed by atoms with van der Waals surface area (Å²) in [5.74, 6) is 2.11. The fourth-order valence-corrected chi connectivity index (χ4v) is 6.49. The number of ether oxygens (including phenoxy) is 2. The molecule has 3 aromatic carbocycles. The Bertz CT molecular complexity index is 1640. The van der Waals surface area contributed by atoms with E-state index < -0.39 is 0 Å². The number of rotatable bonds is 8. The molecule has 0 atom stereocenters. The van der Waals surface area contributed by atoms with Gasteiger partial charge in [-0.25, -0.2) is 4.98 Å². The highest BCUT2D eigenvalue weighted by Crippen LogP contribution is 2.36. The predicted molar refractivity (Wildman–Crippen MR) is 174 cm³/mol. The molecule has 0 aliphatic heterocycles. The number of benzene rings is 3. The van der Waals surface area contributed by atoms with Gasteiger partial charge in [-0.3, -0.25) is 4.79 Å². The number of fused-ring (bicyclic) bond motifs is 1. The van der Waals surface area contributed by atoms with Gasteiger partial charge in [0.15, 0.2) is 11.5 Å². The molecule has 0 amide bonds. The maximum absolute atomic E-state index is 13.6. The van der Waals surface area contributed by atoms with E-state index in [1.165, 1.54) is 11.1 Å². The molecule has 0 unspecified atom stereocenters. The average molecular weight is 755 g/mol. The van der Waals surface area contributed by atoms with Crippen molar-refractivity contribution in [2.24, 2.45) is 5.10 Å². The van der Waals surface area contributed by atoms with E-state index in [4.69, 9.17) is 37.7 Å². The van der Waals surface area contributed by atoms with E-state index >= 15 is 0 Å². The molecule has 4 aromatic rings. The predicted octanol–water partition coefficient (Wildman–Crippen LogP) is 8.98. The van der Waals surface area contributed by atoms with Crippen molar-refractivity contribution in [2.75, 3.05) is 6.61 Å². The van der Waals surface area contributed by atoms with Gasteiger partial charge in [0.2, 0.25) is 0 Å². The first-order valence-electron chi connectivity index (χ1n) is 13.1. The lowest BCUT2D eigenvalue weighted by atomic mass is 9.88. The summed E-state index contributed by atoms with van der Waals surface area (Å²) in [4.78, 5) is 18.6. The normalized spacial score (nSPS) is 14.2. The summed E-state index contributed by atoms with van der Waals surface area (Å²) in [6.07, 6.45) is 7.15. The summed E-state index contributed by atoms with van der Waals surface area (Å²) < 4.78 is 15.2. The van der Waals surface area contributed by atoms with Gasteiger partial charge in [-0.05, 0) is 90.4 Å². The van der Waals surface area contributed by atoms with Gasteiger partial charge >= 0.3 is 0 Å². The van der Waals surface area contributed by atoms with Crippen LogP contribution < -0.4 is 15.0 Å². The monoisotopic (exact) mass is 753 g/mol. The van der Waals surface area contributed by atoms with Crippen molar-refractivity contribution in [1.82, 2.24) is 9.66 Å². The molecule has 1 heterocycles. The van der Waals surface area contributed by atoms with E-state index in [1.54, 1.807) is 24.4 Å². The van der Waals surface area contributed by atoms with E-state index in [0.717, 1.165) is 50.7 Å². The van der Waals surface area contributed by atoms with Crippen LogP contribution in [0, 0.1) is 3.57 Å². The molecule has 5 rings (SSSR count). The van der Waals surface area contributed by atoms with Crippen molar-refractivity contribution in [2.45, 2.75) is 51.6 Å². The Kier molecular flexibility index (Phi) is 9.71. The first-order valence-corrected chi connectivity index (χ1v) is 15.8. The lowest BCUT2D eigenvalue weighted by Gasteiger charge is -2.22. The minimum Gasteiger partial charge on any atom is -0.490 e. The number of halogens is 4. The van der Waals surface area contributed by atoms with E-state index in [1.807, 2.05) is 37.3 Å². The molecule has 208 valence electrons. The summed E-state index contributed by atoms with van der Waals surface area (Å²) >= 11 is 18.1. The SMILES string of the molecule is CCOc1cc(C=Nn2c(C3CCCCC3)nc3ccc(Br)cc3c2=O)cc(I)c1OCc1ccc(Cl)cc1Cl. The molecule has 1 aliphatic rings. The molecule has 0 saturated heterocycles. The fraction of sp³-hybridized carbons (Fsp3) is 0.300. The molecule has 1 aliphatic carbocycles. The van der Waals surface area contributed by atoms with Gasteiger partial charge in [0.1, 0.15) is 12.4 Å². The Hall–Kier alpha value is -2.14. The summed E-state index contributed by atoms with van der Waals surface area (Å²) in [5.41, 5.74) is 2.11. The van der Waals surface area contributed by atoms with Gasteiger partial charge < -0.3 is 9.47 Å². The van der Waals surface area contributed by atoms with Crippen LogP contribution in [0.25, 0.3) is 10.9 Å². The van der Waals surface area contributed by atoms with Crippen LogP contribution >= 0.6 is 61.7 Å². The van der Waals surface area contributed by atoms with Crippen LogP contribution in [0.1, 0.15) is 61.9 Å². The third-order valence-corrected chi connectivity index (χ3v) is 8.73. The number of nitrogens with zero attached hydrogens (tertiary/aromatic N) is 3. The van der Waals surface area contributed by atoms with E-state index in [-0.39, 0.29) is 18.1 Å². The summed E-state index contributed by atoms with van der Waals surface area (Å²) in [7, 11) is 0. The minimum atomic E-state index is -0.178. The Labute approximate surface area is 265 Å². The van der Waals surface area contributed by atoms with Crippen molar-refractivity contribution in [3.8, 4) is 11.5 Å². The van der Waals surface area contributed by atoms with Crippen LogP contribution in [0.2, 0.25) is 10.0 Å². The highest BCUT2D eigenvalue weighted by atomic mass is 127. The van der Waals surface area contributed by atoms with E-state index in [2.05, 4.69) is 43.6 Å². The van der Waals surface area contributed by atoms with Gasteiger partial charge in [-0.15, -0.1) is 0 Å². The van der Waals surface area contributed by atoms with Gasteiger partial charge in [0, 0.05) is 26.0 Å². The first-order chi connectivity index (χ1) is 19.3. The van der Waals surface area contributed by atoms with E-state index in [0.29, 0.717) is 39.1 Å². The van der Waals surface area contributed by atoms with Crippen molar-refractivity contribution in [3.63, 3.8) is 0 Å². The summed E-state index contributed by atoms with van der Waals surface area (Å²) in [5, 5.41) is 6.33. The molecular formula is C30H27BrCl2IN3O3.